The Kier molecular flexibility index (Phi) is 3.01. The van der Waals surface area contributed by atoms with Gasteiger partial charge < -0.3 is 4.42 Å². The van der Waals surface area contributed by atoms with Crippen LogP contribution in [0.25, 0.3) is 0 Å². The van der Waals surface area contributed by atoms with Gasteiger partial charge in [0.2, 0.25) is 0 Å². The molecule has 2 heterocycles. The summed E-state index contributed by atoms with van der Waals surface area (Å²) < 4.78 is 5.05. The zero-order valence-electron chi connectivity index (χ0n) is 9.88. The highest BCUT2D eigenvalue weighted by Gasteiger charge is 2.44. The van der Waals surface area contributed by atoms with Crippen molar-refractivity contribution in [2.45, 2.75) is 13.5 Å². The number of carbonyl (C=O) groups excluding carboxylic acids is 3. The van der Waals surface area contributed by atoms with Gasteiger partial charge in [-0.25, -0.2) is 9.69 Å². The number of amides is 4. The van der Waals surface area contributed by atoms with E-state index in [1.807, 2.05) is 0 Å². The molecule has 18 heavy (non-hydrogen) atoms. The van der Waals surface area contributed by atoms with E-state index in [4.69, 9.17) is 4.42 Å². The molecule has 0 radical (unpaired) electrons. The lowest BCUT2D eigenvalue weighted by Gasteiger charge is -2.14. The number of hydrogen-bond acceptors (Lipinski definition) is 4. The fourth-order valence-corrected chi connectivity index (χ4v) is 1.66. The van der Waals surface area contributed by atoms with Crippen LogP contribution < -0.4 is 0 Å². The molecule has 0 unspecified atom stereocenters. The first-order valence-electron chi connectivity index (χ1n) is 5.35. The van der Waals surface area contributed by atoms with E-state index in [1.165, 1.54) is 6.26 Å². The summed E-state index contributed by atoms with van der Waals surface area (Å²) in [5, 5.41) is 0. The monoisotopic (exact) mass is 248 g/mol. The average Bonchev–Trinajstić information content (AvgIpc) is 2.88. The van der Waals surface area contributed by atoms with Gasteiger partial charge in [-0.05, 0) is 19.1 Å². The van der Waals surface area contributed by atoms with E-state index in [0.717, 1.165) is 9.80 Å². The van der Waals surface area contributed by atoms with Gasteiger partial charge in [0.1, 0.15) is 5.76 Å². The van der Waals surface area contributed by atoms with Crippen LogP contribution in [0.5, 0.6) is 0 Å². The lowest BCUT2D eigenvalue weighted by Crippen LogP contribution is -2.33. The minimum absolute atomic E-state index is 0.0386. The van der Waals surface area contributed by atoms with Crippen LogP contribution in [0.3, 0.4) is 0 Å². The summed E-state index contributed by atoms with van der Waals surface area (Å²) in [6.45, 7) is 5.31. The zero-order valence-corrected chi connectivity index (χ0v) is 9.88. The average molecular weight is 248 g/mol. The fourth-order valence-electron chi connectivity index (χ4n) is 1.66. The van der Waals surface area contributed by atoms with Crippen molar-refractivity contribution < 1.29 is 18.8 Å². The summed E-state index contributed by atoms with van der Waals surface area (Å²) in [5.74, 6) is -1.21. The highest BCUT2D eigenvalue weighted by atomic mass is 16.3. The second-order valence-corrected chi connectivity index (χ2v) is 4.10. The topological polar surface area (TPSA) is 70.8 Å². The van der Waals surface area contributed by atoms with Crippen LogP contribution in [0.2, 0.25) is 0 Å². The Morgan fingerprint density at radius 2 is 1.94 bits per heavy atom. The van der Waals surface area contributed by atoms with Crippen LogP contribution in [-0.4, -0.2) is 34.2 Å². The van der Waals surface area contributed by atoms with E-state index in [0.29, 0.717) is 11.3 Å². The molecule has 2 rings (SSSR count). The molecular weight excluding hydrogens is 236 g/mol. The maximum Gasteiger partial charge on any atom is 0.334 e. The largest absolute Gasteiger partial charge is 0.467 e. The van der Waals surface area contributed by atoms with E-state index >= 15 is 0 Å². The predicted molar refractivity (Wildman–Crippen MR) is 61.2 cm³/mol. The smallest absolute Gasteiger partial charge is 0.334 e. The molecule has 1 aromatic heterocycles. The number of hydrogen-bond donors (Lipinski definition) is 0. The third-order valence-electron chi connectivity index (χ3n) is 2.46. The van der Waals surface area contributed by atoms with Gasteiger partial charge in [0.15, 0.2) is 0 Å². The molecule has 0 bridgehead atoms. The first-order valence-corrected chi connectivity index (χ1v) is 5.35. The van der Waals surface area contributed by atoms with E-state index in [2.05, 4.69) is 6.58 Å². The molecule has 0 atom stereocenters. The quantitative estimate of drug-likeness (QED) is 0.455. The van der Waals surface area contributed by atoms with Crippen LogP contribution in [0, 0.1) is 0 Å². The molecule has 0 saturated carbocycles. The van der Waals surface area contributed by atoms with Gasteiger partial charge in [-0.3, -0.25) is 14.5 Å². The minimum atomic E-state index is -0.836. The molecule has 1 fully saturated rings. The molecule has 1 aliphatic heterocycles. The summed E-state index contributed by atoms with van der Waals surface area (Å²) in [4.78, 5) is 37.0. The highest BCUT2D eigenvalue weighted by Crippen LogP contribution is 2.17. The van der Waals surface area contributed by atoms with Gasteiger partial charge in [0.25, 0.3) is 0 Å². The van der Waals surface area contributed by atoms with Crippen molar-refractivity contribution >= 4 is 17.8 Å². The molecule has 0 spiro atoms. The fraction of sp³-hybridized carbons (Fsp3) is 0.250. The SMILES string of the molecule is C=C(C)CN1C(=O)C(=O)N(Cc2ccco2)C1=O. The van der Waals surface area contributed by atoms with E-state index in [1.54, 1.807) is 19.1 Å². The molecule has 94 valence electrons. The van der Waals surface area contributed by atoms with Crippen LogP contribution in [0.15, 0.2) is 35.0 Å². The molecule has 4 amide bonds. The number of urea groups is 1. The summed E-state index contributed by atoms with van der Waals surface area (Å²) in [6.07, 6.45) is 1.44. The molecular formula is C12H12N2O4. The number of carbonyl (C=O) groups is 3. The van der Waals surface area contributed by atoms with Gasteiger partial charge >= 0.3 is 17.8 Å². The Morgan fingerprint density at radius 1 is 1.28 bits per heavy atom. The number of nitrogens with zero attached hydrogens (tertiary/aromatic N) is 2. The highest BCUT2D eigenvalue weighted by molar-refractivity contribution is 6.44. The molecule has 6 nitrogen and oxygen atoms in total. The van der Waals surface area contributed by atoms with Gasteiger partial charge in [-0.1, -0.05) is 12.2 Å². The second kappa shape index (κ2) is 4.48. The maximum atomic E-state index is 11.9. The molecule has 0 N–H and O–H groups in total. The summed E-state index contributed by atoms with van der Waals surface area (Å²) >= 11 is 0. The van der Waals surface area contributed by atoms with Gasteiger partial charge in [-0.15, -0.1) is 0 Å². The van der Waals surface area contributed by atoms with Crippen molar-refractivity contribution in [2.75, 3.05) is 6.54 Å². The number of imide groups is 2. The molecule has 1 saturated heterocycles. The summed E-state index contributed by atoms with van der Waals surface area (Å²) in [5.41, 5.74) is 0.629. The van der Waals surface area contributed by atoms with Gasteiger partial charge in [0.05, 0.1) is 19.4 Å². The summed E-state index contributed by atoms with van der Waals surface area (Å²) in [6, 6.07) is 2.64. The summed E-state index contributed by atoms with van der Waals surface area (Å²) in [7, 11) is 0. The molecule has 1 aromatic rings. The van der Waals surface area contributed by atoms with Crippen molar-refractivity contribution in [3.8, 4) is 0 Å². The Morgan fingerprint density at radius 3 is 2.50 bits per heavy atom. The predicted octanol–water partition coefficient (Wildman–Crippen LogP) is 1.15. The van der Waals surface area contributed by atoms with E-state index in [-0.39, 0.29) is 13.1 Å². The van der Waals surface area contributed by atoms with Crippen molar-refractivity contribution in [3.63, 3.8) is 0 Å². The number of rotatable bonds is 4. The third kappa shape index (κ3) is 2.04. The van der Waals surface area contributed by atoms with E-state index < -0.39 is 17.8 Å². The first-order chi connectivity index (χ1) is 8.50. The Labute approximate surface area is 103 Å². The molecule has 0 aromatic carbocycles. The van der Waals surface area contributed by atoms with Crippen LogP contribution in [0.4, 0.5) is 4.79 Å². The Bertz CT molecular complexity index is 518. The van der Waals surface area contributed by atoms with Crippen LogP contribution >= 0.6 is 0 Å². The second-order valence-electron chi connectivity index (χ2n) is 4.10. The normalized spacial score (nSPS) is 15.7. The molecule has 0 aliphatic carbocycles. The standard InChI is InChI=1S/C12H12N2O4/c1-8(2)6-13-10(15)11(16)14(12(13)17)7-9-4-3-5-18-9/h3-5H,1,6-7H2,2H3. The van der Waals surface area contributed by atoms with E-state index in [9.17, 15) is 14.4 Å². The number of furan rings is 1. The van der Waals surface area contributed by atoms with Crippen molar-refractivity contribution in [3.05, 3.63) is 36.3 Å². The molecule has 1 aliphatic rings. The lowest BCUT2D eigenvalue weighted by molar-refractivity contribution is -0.143. The van der Waals surface area contributed by atoms with Crippen molar-refractivity contribution in [2.24, 2.45) is 0 Å². The van der Waals surface area contributed by atoms with Crippen molar-refractivity contribution in [1.82, 2.24) is 9.80 Å². The zero-order chi connectivity index (χ0) is 13.3. The Hall–Kier alpha value is -2.37. The molecule has 6 heteroatoms. The lowest BCUT2D eigenvalue weighted by atomic mass is 10.3. The Balaban J connectivity index is 2.17. The van der Waals surface area contributed by atoms with Crippen LogP contribution in [0.1, 0.15) is 12.7 Å². The third-order valence-corrected chi connectivity index (χ3v) is 2.46. The minimum Gasteiger partial charge on any atom is -0.467 e. The maximum absolute atomic E-state index is 11.9. The van der Waals surface area contributed by atoms with Gasteiger partial charge in [-0.2, -0.15) is 0 Å². The first kappa shape index (κ1) is 12.1. The van der Waals surface area contributed by atoms with Gasteiger partial charge in [0, 0.05) is 0 Å². The van der Waals surface area contributed by atoms with Crippen LogP contribution in [-0.2, 0) is 16.1 Å². The van der Waals surface area contributed by atoms with Crippen molar-refractivity contribution in [1.29, 1.82) is 0 Å².